The zero-order valence-electron chi connectivity index (χ0n) is 5.98. The standard InChI is InChI=1S/C8H12O/c1-4-7-5-6-9-8(7,2)3/h4-5H,1,6H2,2-3H3. The fourth-order valence-corrected chi connectivity index (χ4v) is 0.998. The smallest absolute Gasteiger partial charge is 0.0877 e. The molecule has 0 aliphatic carbocycles. The lowest BCUT2D eigenvalue weighted by Gasteiger charge is -2.19. The molecule has 0 aromatic rings. The van der Waals surface area contributed by atoms with Crippen LogP contribution >= 0.6 is 0 Å². The molecule has 1 nitrogen and oxygen atoms in total. The van der Waals surface area contributed by atoms with Gasteiger partial charge in [0.25, 0.3) is 0 Å². The zero-order chi connectivity index (χ0) is 6.91. The van der Waals surface area contributed by atoms with Crippen LogP contribution in [0.5, 0.6) is 0 Å². The normalized spacial score (nSPS) is 23.6. The molecule has 0 aromatic heterocycles. The maximum atomic E-state index is 5.38. The third kappa shape index (κ3) is 1.06. The number of hydrogen-bond acceptors (Lipinski definition) is 1. The maximum Gasteiger partial charge on any atom is 0.0877 e. The summed E-state index contributed by atoms with van der Waals surface area (Å²) in [6.07, 6.45) is 3.92. The van der Waals surface area contributed by atoms with Crippen LogP contribution in [0.3, 0.4) is 0 Å². The SMILES string of the molecule is C=CC1=CCOC1(C)C. The Hall–Kier alpha value is -0.560. The van der Waals surface area contributed by atoms with Crippen molar-refractivity contribution in [2.75, 3.05) is 6.61 Å². The molecular weight excluding hydrogens is 112 g/mol. The molecule has 0 unspecified atom stereocenters. The Morgan fingerprint density at radius 3 is 2.67 bits per heavy atom. The van der Waals surface area contributed by atoms with E-state index in [9.17, 15) is 0 Å². The molecule has 1 heteroatoms. The van der Waals surface area contributed by atoms with Crippen LogP contribution in [0.4, 0.5) is 0 Å². The fraction of sp³-hybridized carbons (Fsp3) is 0.500. The first-order chi connectivity index (χ1) is 4.17. The van der Waals surface area contributed by atoms with E-state index in [1.165, 1.54) is 5.57 Å². The monoisotopic (exact) mass is 124 g/mol. The topological polar surface area (TPSA) is 9.23 Å². The minimum Gasteiger partial charge on any atom is -0.367 e. The Kier molecular flexibility index (Phi) is 1.45. The summed E-state index contributed by atoms with van der Waals surface area (Å²) in [4.78, 5) is 0. The lowest BCUT2D eigenvalue weighted by molar-refractivity contribution is 0.0522. The van der Waals surface area contributed by atoms with Gasteiger partial charge in [-0.3, -0.25) is 0 Å². The van der Waals surface area contributed by atoms with Gasteiger partial charge in [-0.15, -0.1) is 0 Å². The van der Waals surface area contributed by atoms with Gasteiger partial charge in [0.1, 0.15) is 0 Å². The average molecular weight is 124 g/mol. The van der Waals surface area contributed by atoms with E-state index in [1.807, 2.05) is 19.9 Å². The molecule has 0 aromatic carbocycles. The van der Waals surface area contributed by atoms with E-state index in [0.29, 0.717) is 0 Å². The van der Waals surface area contributed by atoms with Gasteiger partial charge in [-0.2, -0.15) is 0 Å². The van der Waals surface area contributed by atoms with Gasteiger partial charge in [0.05, 0.1) is 12.2 Å². The number of hydrogen-bond donors (Lipinski definition) is 0. The maximum absolute atomic E-state index is 5.38. The molecule has 0 radical (unpaired) electrons. The van der Waals surface area contributed by atoms with Crippen LogP contribution in [0.2, 0.25) is 0 Å². The molecule has 0 spiro atoms. The van der Waals surface area contributed by atoms with E-state index in [1.54, 1.807) is 0 Å². The molecule has 1 aliphatic rings. The Balaban J connectivity index is 2.80. The summed E-state index contributed by atoms with van der Waals surface area (Å²) < 4.78 is 5.38. The quantitative estimate of drug-likeness (QED) is 0.518. The highest BCUT2D eigenvalue weighted by molar-refractivity contribution is 5.28. The molecule has 0 bridgehead atoms. The highest BCUT2D eigenvalue weighted by atomic mass is 16.5. The van der Waals surface area contributed by atoms with Crippen molar-refractivity contribution in [3.63, 3.8) is 0 Å². The summed E-state index contributed by atoms with van der Waals surface area (Å²) in [5, 5.41) is 0. The van der Waals surface area contributed by atoms with Crippen molar-refractivity contribution in [1.29, 1.82) is 0 Å². The van der Waals surface area contributed by atoms with Gasteiger partial charge in [0.15, 0.2) is 0 Å². The summed E-state index contributed by atoms with van der Waals surface area (Å²) in [6, 6.07) is 0. The second-order valence-electron chi connectivity index (χ2n) is 2.68. The highest BCUT2D eigenvalue weighted by Crippen LogP contribution is 2.26. The lowest BCUT2D eigenvalue weighted by Crippen LogP contribution is -2.20. The predicted molar refractivity (Wildman–Crippen MR) is 38.3 cm³/mol. The largest absolute Gasteiger partial charge is 0.367 e. The molecule has 9 heavy (non-hydrogen) atoms. The van der Waals surface area contributed by atoms with Crippen LogP contribution in [0.1, 0.15) is 13.8 Å². The van der Waals surface area contributed by atoms with Gasteiger partial charge < -0.3 is 4.74 Å². The molecule has 0 amide bonds. The van der Waals surface area contributed by atoms with Crippen LogP contribution in [0.25, 0.3) is 0 Å². The minimum atomic E-state index is -0.0955. The third-order valence-corrected chi connectivity index (χ3v) is 1.66. The van der Waals surface area contributed by atoms with Crippen LogP contribution < -0.4 is 0 Å². The number of rotatable bonds is 1. The summed E-state index contributed by atoms with van der Waals surface area (Å²) in [6.45, 7) is 8.52. The first-order valence-corrected chi connectivity index (χ1v) is 3.14. The van der Waals surface area contributed by atoms with Crippen molar-refractivity contribution < 1.29 is 4.74 Å². The van der Waals surface area contributed by atoms with Gasteiger partial charge >= 0.3 is 0 Å². The molecule has 1 rings (SSSR count). The predicted octanol–water partition coefficient (Wildman–Crippen LogP) is 1.91. The minimum absolute atomic E-state index is 0.0955. The van der Waals surface area contributed by atoms with Crippen molar-refractivity contribution in [3.8, 4) is 0 Å². The molecule has 1 aliphatic heterocycles. The Morgan fingerprint density at radius 2 is 2.44 bits per heavy atom. The fourth-order valence-electron chi connectivity index (χ4n) is 0.998. The van der Waals surface area contributed by atoms with Crippen LogP contribution in [-0.2, 0) is 4.74 Å². The second-order valence-corrected chi connectivity index (χ2v) is 2.68. The van der Waals surface area contributed by atoms with Crippen molar-refractivity contribution in [3.05, 3.63) is 24.3 Å². The molecule has 0 fully saturated rings. The zero-order valence-corrected chi connectivity index (χ0v) is 5.98. The van der Waals surface area contributed by atoms with Gasteiger partial charge in [-0.1, -0.05) is 18.7 Å². The molecule has 1 heterocycles. The van der Waals surface area contributed by atoms with Crippen molar-refractivity contribution in [2.24, 2.45) is 0 Å². The lowest BCUT2D eigenvalue weighted by atomic mass is 10.0. The van der Waals surface area contributed by atoms with E-state index in [-0.39, 0.29) is 5.60 Å². The van der Waals surface area contributed by atoms with Gasteiger partial charge in [0, 0.05) is 0 Å². The highest BCUT2D eigenvalue weighted by Gasteiger charge is 2.25. The Bertz CT molecular complexity index is 154. The van der Waals surface area contributed by atoms with E-state index in [0.717, 1.165) is 6.61 Å². The van der Waals surface area contributed by atoms with Crippen molar-refractivity contribution >= 4 is 0 Å². The molecule has 0 atom stereocenters. The second kappa shape index (κ2) is 1.99. The molecule has 0 saturated carbocycles. The van der Waals surface area contributed by atoms with Crippen LogP contribution in [0, 0.1) is 0 Å². The van der Waals surface area contributed by atoms with E-state index in [4.69, 9.17) is 4.74 Å². The third-order valence-electron chi connectivity index (χ3n) is 1.66. The van der Waals surface area contributed by atoms with Crippen molar-refractivity contribution in [1.82, 2.24) is 0 Å². The summed E-state index contributed by atoms with van der Waals surface area (Å²) in [5.74, 6) is 0. The van der Waals surface area contributed by atoms with Crippen LogP contribution in [0.15, 0.2) is 24.3 Å². The van der Waals surface area contributed by atoms with Gasteiger partial charge in [-0.05, 0) is 19.4 Å². The van der Waals surface area contributed by atoms with Gasteiger partial charge in [-0.25, -0.2) is 0 Å². The van der Waals surface area contributed by atoms with Crippen LogP contribution in [-0.4, -0.2) is 12.2 Å². The van der Waals surface area contributed by atoms with E-state index < -0.39 is 0 Å². The number of ether oxygens (including phenoxy) is 1. The van der Waals surface area contributed by atoms with E-state index >= 15 is 0 Å². The summed E-state index contributed by atoms with van der Waals surface area (Å²) >= 11 is 0. The molecule has 0 N–H and O–H groups in total. The van der Waals surface area contributed by atoms with Crippen molar-refractivity contribution in [2.45, 2.75) is 19.4 Å². The van der Waals surface area contributed by atoms with Gasteiger partial charge in [0.2, 0.25) is 0 Å². The summed E-state index contributed by atoms with van der Waals surface area (Å²) in [7, 11) is 0. The molecule has 50 valence electrons. The average Bonchev–Trinajstić information content (AvgIpc) is 2.08. The Morgan fingerprint density at radius 1 is 1.78 bits per heavy atom. The summed E-state index contributed by atoms with van der Waals surface area (Å²) in [5.41, 5.74) is 1.10. The molecular formula is C8H12O. The first-order valence-electron chi connectivity index (χ1n) is 3.14. The molecule has 0 saturated heterocycles. The Labute approximate surface area is 56.0 Å². The first kappa shape index (κ1) is 6.56. The van der Waals surface area contributed by atoms with E-state index in [2.05, 4.69) is 12.7 Å².